The van der Waals surface area contributed by atoms with E-state index < -0.39 is 0 Å². The highest BCUT2D eigenvalue weighted by Gasteiger charge is 2.24. The molecular weight excluding hydrogens is 433 g/mol. The van der Waals surface area contributed by atoms with Crippen LogP contribution < -0.4 is 10.6 Å². The molecule has 1 unspecified atom stereocenters. The molecule has 8 heteroatoms. The summed E-state index contributed by atoms with van der Waals surface area (Å²) >= 11 is 0. The highest BCUT2D eigenvalue weighted by Crippen LogP contribution is 2.15. The zero-order valence-corrected chi connectivity index (χ0v) is 18.1. The molecule has 2 aliphatic heterocycles. The van der Waals surface area contributed by atoms with Crippen LogP contribution in [0.25, 0.3) is 0 Å². The molecule has 2 aliphatic rings. The normalized spacial score (nSPS) is 22.9. The maximum absolute atomic E-state index is 11.5. The summed E-state index contributed by atoms with van der Waals surface area (Å²) in [4.78, 5) is 20.5. The van der Waals surface area contributed by atoms with Crippen molar-refractivity contribution < 1.29 is 9.53 Å². The van der Waals surface area contributed by atoms with E-state index in [1.165, 1.54) is 26.5 Å². The Morgan fingerprint density at radius 2 is 1.96 bits per heavy atom. The lowest BCUT2D eigenvalue weighted by molar-refractivity contribution is 0.111. The van der Waals surface area contributed by atoms with Gasteiger partial charge >= 0.3 is 6.09 Å². The molecular formula is C17H34IN5O2. The summed E-state index contributed by atoms with van der Waals surface area (Å²) in [6, 6.07) is 0.359. The molecule has 7 nitrogen and oxygen atoms in total. The summed E-state index contributed by atoms with van der Waals surface area (Å²) in [7, 11) is 3.62. The van der Waals surface area contributed by atoms with Gasteiger partial charge < -0.3 is 25.2 Å². The molecule has 2 fully saturated rings. The number of piperidine rings is 2. The third-order valence-electron chi connectivity index (χ3n) is 4.84. The summed E-state index contributed by atoms with van der Waals surface area (Å²) < 4.78 is 4.79. The van der Waals surface area contributed by atoms with Gasteiger partial charge in [-0.05, 0) is 52.1 Å². The molecule has 2 N–H and O–H groups in total. The van der Waals surface area contributed by atoms with Gasteiger partial charge in [0.15, 0.2) is 5.96 Å². The summed E-state index contributed by atoms with van der Waals surface area (Å²) in [6.45, 7) is 7.63. The van der Waals surface area contributed by atoms with Gasteiger partial charge in [0.05, 0.1) is 7.11 Å². The van der Waals surface area contributed by atoms with Crippen molar-refractivity contribution in [3.8, 4) is 0 Å². The van der Waals surface area contributed by atoms with E-state index >= 15 is 0 Å². The molecule has 0 aromatic rings. The average molecular weight is 467 g/mol. The van der Waals surface area contributed by atoms with Crippen LogP contribution in [0.1, 0.15) is 32.6 Å². The number of amides is 1. The second-order valence-electron chi connectivity index (χ2n) is 6.87. The predicted octanol–water partition coefficient (Wildman–Crippen LogP) is 1.73. The van der Waals surface area contributed by atoms with Gasteiger partial charge in [-0.15, -0.1) is 24.0 Å². The highest BCUT2D eigenvalue weighted by atomic mass is 127. The summed E-state index contributed by atoms with van der Waals surface area (Å²) in [6.07, 6.45) is 4.16. The summed E-state index contributed by atoms with van der Waals surface area (Å²) in [5.41, 5.74) is 0. The Hall–Kier alpha value is -0.770. The van der Waals surface area contributed by atoms with Crippen molar-refractivity contribution in [1.82, 2.24) is 20.4 Å². The SMILES string of the molecule is CCNC(=NCC1CCCN(C)C1)NC1CCN(C(=O)OC)CC1.I. The van der Waals surface area contributed by atoms with E-state index in [-0.39, 0.29) is 30.1 Å². The number of methoxy groups -OCH3 is 1. The van der Waals surface area contributed by atoms with Crippen LogP contribution in [0.4, 0.5) is 4.79 Å². The smallest absolute Gasteiger partial charge is 0.409 e. The molecule has 0 aromatic carbocycles. The van der Waals surface area contributed by atoms with Crippen molar-refractivity contribution in [1.29, 1.82) is 0 Å². The Morgan fingerprint density at radius 3 is 2.56 bits per heavy atom. The van der Waals surface area contributed by atoms with Crippen LogP contribution in [0.3, 0.4) is 0 Å². The number of ether oxygens (including phenoxy) is 1. The lowest BCUT2D eigenvalue weighted by atomic mass is 9.99. The zero-order valence-electron chi connectivity index (χ0n) is 15.8. The van der Waals surface area contributed by atoms with E-state index in [0.717, 1.165) is 51.5 Å². The number of nitrogens with one attached hydrogen (secondary N) is 2. The van der Waals surface area contributed by atoms with Gasteiger partial charge in [-0.1, -0.05) is 0 Å². The number of halogens is 1. The minimum Gasteiger partial charge on any atom is -0.453 e. The molecule has 2 heterocycles. The second-order valence-corrected chi connectivity index (χ2v) is 6.87. The van der Waals surface area contributed by atoms with Crippen molar-refractivity contribution in [2.75, 3.05) is 53.4 Å². The van der Waals surface area contributed by atoms with Gasteiger partial charge in [0.25, 0.3) is 0 Å². The molecule has 0 radical (unpaired) electrons. The topological polar surface area (TPSA) is 69.2 Å². The average Bonchev–Trinajstić information content (AvgIpc) is 2.60. The number of likely N-dealkylation sites (tertiary alicyclic amines) is 2. The molecule has 0 spiro atoms. The van der Waals surface area contributed by atoms with Crippen LogP contribution >= 0.6 is 24.0 Å². The number of carbonyl (C=O) groups is 1. The van der Waals surface area contributed by atoms with Crippen LogP contribution in [0.5, 0.6) is 0 Å². The number of guanidine groups is 1. The van der Waals surface area contributed by atoms with Crippen molar-refractivity contribution in [3.63, 3.8) is 0 Å². The minimum absolute atomic E-state index is 0. The third-order valence-corrected chi connectivity index (χ3v) is 4.84. The number of aliphatic imine (C=N–C) groups is 1. The van der Waals surface area contributed by atoms with E-state index in [1.807, 2.05) is 0 Å². The number of carbonyl (C=O) groups excluding carboxylic acids is 1. The van der Waals surface area contributed by atoms with Crippen molar-refractivity contribution in [2.24, 2.45) is 10.9 Å². The standard InChI is InChI=1S/C17H33N5O2.HI/c1-4-18-16(19-12-14-6-5-9-21(2)13-14)20-15-7-10-22(11-8-15)17(23)24-3;/h14-15H,4-13H2,1-3H3,(H2,18,19,20);1H. The molecule has 0 bridgehead atoms. The van der Waals surface area contributed by atoms with Gasteiger partial charge in [-0.2, -0.15) is 0 Å². The van der Waals surface area contributed by atoms with Crippen molar-refractivity contribution in [3.05, 3.63) is 0 Å². The van der Waals surface area contributed by atoms with E-state index in [1.54, 1.807) is 4.90 Å². The zero-order chi connectivity index (χ0) is 17.4. The molecule has 2 saturated heterocycles. The predicted molar refractivity (Wildman–Crippen MR) is 112 cm³/mol. The molecule has 0 aliphatic carbocycles. The first kappa shape index (κ1) is 22.3. The fourth-order valence-electron chi connectivity index (χ4n) is 3.49. The maximum Gasteiger partial charge on any atom is 0.409 e. The van der Waals surface area contributed by atoms with Gasteiger partial charge in [0.1, 0.15) is 0 Å². The van der Waals surface area contributed by atoms with Gasteiger partial charge in [-0.3, -0.25) is 4.99 Å². The second kappa shape index (κ2) is 11.8. The van der Waals surface area contributed by atoms with Crippen LogP contribution in [0.15, 0.2) is 4.99 Å². The number of rotatable bonds is 4. The molecule has 2 rings (SSSR count). The first-order valence-electron chi connectivity index (χ1n) is 9.18. The fraction of sp³-hybridized carbons (Fsp3) is 0.882. The van der Waals surface area contributed by atoms with Crippen molar-refractivity contribution in [2.45, 2.75) is 38.6 Å². The van der Waals surface area contributed by atoms with Crippen molar-refractivity contribution >= 4 is 36.0 Å². The summed E-state index contributed by atoms with van der Waals surface area (Å²) in [5.74, 6) is 1.56. The Labute approximate surface area is 169 Å². The molecule has 1 atom stereocenters. The van der Waals surface area contributed by atoms with Gasteiger partial charge in [0, 0.05) is 38.8 Å². The number of nitrogens with zero attached hydrogens (tertiary/aromatic N) is 3. The maximum atomic E-state index is 11.5. The molecule has 25 heavy (non-hydrogen) atoms. The first-order valence-corrected chi connectivity index (χ1v) is 9.18. The highest BCUT2D eigenvalue weighted by molar-refractivity contribution is 14.0. The Morgan fingerprint density at radius 1 is 1.24 bits per heavy atom. The Kier molecular flexibility index (Phi) is 10.5. The summed E-state index contributed by atoms with van der Waals surface area (Å²) in [5, 5.41) is 6.88. The largest absolute Gasteiger partial charge is 0.453 e. The Bertz CT molecular complexity index is 427. The van der Waals surface area contributed by atoms with Crippen LogP contribution in [-0.4, -0.2) is 81.3 Å². The van der Waals surface area contributed by atoms with Crippen LogP contribution in [-0.2, 0) is 4.74 Å². The monoisotopic (exact) mass is 467 g/mol. The van der Waals surface area contributed by atoms with E-state index in [2.05, 4.69) is 29.5 Å². The lowest BCUT2D eigenvalue weighted by Crippen LogP contribution is -2.50. The minimum atomic E-state index is -0.226. The first-order chi connectivity index (χ1) is 11.6. The van der Waals surface area contributed by atoms with E-state index in [0.29, 0.717) is 12.0 Å². The van der Waals surface area contributed by atoms with E-state index in [9.17, 15) is 4.79 Å². The molecule has 146 valence electrons. The number of hydrogen-bond acceptors (Lipinski definition) is 4. The lowest BCUT2D eigenvalue weighted by Gasteiger charge is -2.32. The van der Waals surface area contributed by atoms with Gasteiger partial charge in [0.2, 0.25) is 0 Å². The number of hydrogen-bond donors (Lipinski definition) is 2. The molecule has 0 aromatic heterocycles. The quantitative estimate of drug-likeness (QED) is 0.375. The van der Waals surface area contributed by atoms with Crippen LogP contribution in [0.2, 0.25) is 0 Å². The van der Waals surface area contributed by atoms with Crippen LogP contribution in [0, 0.1) is 5.92 Å². The Balaban J connectivity index is 0.00000312. The fourth-order valence-corrected chi connectivity index (χ4v) is 3.49. The molecule has 1 amide bonds. The van der Waals surface area contributed by atoms with Gasteiger partial charge in [-0.25, -0.2) is 4.79 Å². The van der Waals surface area contributed by atoms with E-state index in [4.69, 9.17) is 9.73 Å². The molecule has 0 saturated carbocycles. The third kappa shape index (κ3) is 7.55.